The lowest BCUT2D eigenvalue weighted by atomic mass is 10.1. The molecule has 1 aromatic heterocycles. The van der Waals surface area contributed by atoms with Gasteiger partial charge in [0.05, 0.1) is 15.5 Å². The first-order valence-corrected chi connectivity index (χ1v) is 6.43. The molecule has 1 heterocycles. The van der Waals surface area contributed by atoms with E-state index in [4.69, 9.17) is 16.7 Å². The average molecular weight is 375 g/mol. The quantitative estimate of drug-likeness (QED) is 0.663. The van der Waals surface area contributed by atoms with E-state index < -0.39 is 5.97 Å². The second kappa shape index (κ2) is 5.53. The predicted molar refractivity (Wildman–Crippen MR) is 78.0 cm³/mol. The fourth-order valence-corrected chi connectivity index (χ4v) is 2.03. The maximum atomic E-state index is 10.6. The zero-order chi connectivity index (χ0) is 13.1. The van der Waals surface area contributed by atoms with Crippen LogP contribution in [0.5, 0.6) is 0 Å². The van der Waals surface area contributed by atoms with Crippen molar-refractivity contribution in [2.24, 2.45) is 0 Å². The molecule has 1 N–H and O–H groups in total. The van der Waals surface area contributed by atoms with Crippen molar-refractivity contribution in [3.8, 4) is 5.69 Å². The van der Waals surface area contributed by atoms with Gasteiger partial charge in [-0.2, -0.15) is 5.10 Å². The molecule has 0 spiro atoms. The first-order chi connectivity index (χ1) is 8.56. The highest BCUT2D eigenvalue weighted by Gasteiger charge is 2.05. The van der Waals surface area contributed by atoms with Crippen LogP contribution in [0.3, 0.4) is 0 Å². The Morgan fingerprint density at radius 1 is 1.50 bits per heavy atom. The lowest BCUT2D eigenvalue weighted by molar-refractivity contribution is -0.131. The minimum absolute atomic E-state index is 0.547. The third-order valence-corrected chi connectivity index (χ3v) is 2.99. The Morgan fingerprint density at radius 3 is 2.89 bits per heavy atom. The van der Waals surface area contributed by atoms with E-state index in [1.807, 2.05) is 6.20 Å². The molecule has 0 aliphatic heterocycles. The van der Waals surface area contributed by atoms with E-state index in [-0.39, 0.29) is 0 Å². The highest BCUT2D eigenvalue weighted by atomic mass is 127. The lowest BCUT2D eigenvalue weighted by Crippen LogP contribution is -1.97. The van der Waals surface area contributed by atoms with Crippen LogP contribution in [0, 0.1) is 3.57 Å². The molecule has 0 saturated heterocycles. The number of aromatic nitrogens is 2. The number of nitrogens with zero attached hydrogens (tertiary/aromatic N) is 2. The molecule has 0 bridgehead atoms. The summed E-state index contributed by atoms with van der Waals surface area (Å²) in [5, 5.41) is 13.4. The number of halogens is 2. The van der Waals surface area contributed by atoms with Crippen LogP contribution in [0.25, 0.3) is 11.8 Å². The number of hydrogen-bond acceptors (Lipinski definition) is 2. The van der Waals surface area contributed by atoms with Gasteiger partial charge in [0.2, 0.25) is 0 Å². The molecule has 6 heteroatoms. The molecule has 92 valence electrons. The molecule has 0 amide bonds. The summed E-state index contributed by atoms with van der Waals surface area (Å²) < 4.78 is 2.68. The predicted octanol–water partition coefficient (Wildman–Crippen LogP) is 3.23. The van der Waals surface area contributed by atoms with Crippen LogP contribution in [-0.4, -0.2) is 20.9 Å². The smallest absolute Gasteiger partial charge is 0.328 e. The summed E-state index contributed by atoms with van der Waals surface area (Å²) in [6.45, 7) is 0. The molecule has 0 saturated carbocycles. The second-order valence-corrected chi connectivity index (χ2v) is 5.16. The molecule has 0 fully saturated rings. The number of carboxylic acid groups (broad SMARTS) is 1. The SMILES string of the molecule is O=C(O)/C=C/c1cc(Cl)ccc1-n1cc(I)cn1. The van der Waals surface area contributed by atoms with Gasteiger partial charge in [0.15, 0.2) is 0 Å². The molecule has 0 unspecified atom stereocenters. The van der Waals surface area contributed by atoms with Crippen LogP contribution < -0.4 is 0 Å². The van der Waals surface area contributed by atoms with E-state index in [0.29, 0.717) is 10.6 Å². The summed E-state index contributed by atoms with van der Waals surface area (Å²) in [5.41, 5.74) is 1.48. The Labute approximate surface area is 122 Å². The fourth-order valence-electron chi connectivity index (χ4n) is 1.46. The van der Waals surface area contributed by atoms with Crippen molar-refractivity contribution in [1.29, 1.82) is 0 Å². The van der Waals surface area contributed by atoms with E-state index in [9.17, 15) is 4.79 Å². The number of carbonyl (C=O) groups is 1. The standard InChI is InChI=1S/C12H8ClIN2O2/c13-9-2-3-11(16-7-10(14)6-15-16)8(5-9)1-4-12(17)18/h1-7H,(H,17,18)/b4-1+. The molecule has 18 heavy (non-hydrogen) atoms. The van der Waals surface area contributed by atoms with E-state index in [0.717, 1.165) is 15.3 Å². The van der Waals surface area contributed by atoms with Gasteiger partial charge in [-0.15, -0.1) is 0 Å². The molecule has 0 aliphatic rings. The molecule has 4 nitrogen and oxygen atoms in total. The fraction of sp³-hybridized carbons (Fsp3) is 0. The Kier molecular flexibility index (Phi) is 4.03. The highest BCUT2D eigenvalue weighted by molar-refractivity contribution is 14.1. The lowest BCUT2D eigenvalue weighted by Gasteiger charge is -2.06. The Morgan fingerprint density at radius 2 is 2.28 bits per heavy atom. The van der Waals surface area contributed by atoms with E-state index in [1.165, 1.54) is 6.08 Å². The zero-order valence-electron chi connectivity index (χ0n) is 9.05. The molecule has 1 aromatic carbocycles. The van der Waals surface area contributed by atoms with Crippen LogP contribution in [0.15, 0.2) is 36.7 Å². The van der Waals surface area contributed by atoms with Crippen LogP contribution in [-0.2, 0) is 4.79 Å². The molecule has 0 radical (unpaired) electrons. The number of rotatable bonds is 3. The summed E-state index contributed by atoms with van der Waals surface area (Å²) in [4.78, 5) is 10.6. The highest BCUT2D eigenvalue weighted by Crippen LogP contribution is 2.21. The summed E-state index contributed by atoms with van der Waals surface area (Å²) in [6, 6.07) is 5.24. The number of aliphatic carboxylic acids is 1. The third-order valence-electron chi connectivity index (χ3n) is 2.19. The Bertz CT molecular complexity index is 622. The summed E-state index contributed by atoms with van der Waals surface area (Å²) in [7, 11) is 0. The normalized spacial score (nSPS) is 11.0. The summed E-state index contributed by atoms with van der Waals surface area (Å²) >= 11 is 8.07. The van der Waals surface area contributed by atoms with Gasteiger partial charge in [-0.1, -0.05) is 11.6 Å². The third kappa shape index (κ3) is 3.11. The van der Waals surface area contributed by atoms with E-state index in [2.05, 4.69) is 27.7 Å². The first kappa shape index (κ1) is 13.1. The van der Waals surface area contributed by atoms with Gasteiger partial charge >= 0.3 is 5.97 Å². The maximum absolute atomic E-state index is 10.6. The maximum Gasteiger partial charge on any atom is 0.328 e. The molecule has 0 atom stereocenters. The van der Waals surface area contributed by atoms with Gasteiger partial charge in [0.25, 0.3) is 0 Å². The summed E-state index contributed by atoms with van der Waals surface area (Å²) in [5.74, 6) is -1.00. The van der Waals surface area contributed by atoms with E-state index >= 15 is 0 Å². The topological polar surface area (TPSA) is 55.1 Å². The van der Waals surface area contributed by atoms with Gasteiger partial charge in [-0.05, 0) is 46.9 Å². The number of hydrogen-bond donors (Lipinski definition) is 1. The van der Waals surface area contributed by atoms with Crippen molar-refractivity contribution in [2.75, 3.05) is 0 Å². The number of benzene rings is 1. The second-order valence-electron chi connectivity index (χ2n) is 3.48. The molecule has 2 aromatic rings. The minimum atomic E-state index is -1.00. The average Bonchev–Trinajstić information content (AvgIpc) is 2.73. The Balaban J connectivity index is 2.50. The zero-order valence-corrected chi connectivity index (χ0v) is 12.0. The van der Waals surface area contributed by atoms with Gasteiger partial charge in [0.1, 0.15) is 0 Å². The van der Waals surface area contributed by atoms with Crippen LogP contribution >= 0.6 is 34.2 Å². The first-order valence-electron chi connectivity index (χ1n) is 4.97. The van der Waals surface area contributed by atoms with Crippen molar-refractivity contribution in [2.45, 2.75) is 0 Å². The van der Waals surface area contributed by atoms with Crippen molar-refractivity contribution >= 4 is 46.2 Å². The van der Waals surface area contributed by atoms with Crippen LogP contribution in [0.2, 0.25) is 5.02 Å². The number of carboxylic acids is 1. The Hall–Kier alpha value is -1.34. The van der Waals surface area contributed by atoms with Gasteiger partial charge in [0, 0.05) is 22.9 Å². The molecule has 0 aliphatic carbocycles. The molecule has 2 rings (SSSR count). The summed E-state index contributed by atoms with van der Waals surface area (Å²) in [6.07, 6.45) is 6.14. The van der Waals surface area contributed by atoms with Crippen molar-refractivity contribution < 1.29 is 9.90 Å². The van der Waals surface area contributed by atoms with Gasteiger partial charge in [-0.3, -0.25) is 0 Å². The van der Waals surface area contributed by atoms with Crippen molar-refractivity contribution in [1.82, 2.24) is 9.78 Å². The van der Waals surface area contributed by atoms with Crippen molar-refractivity contribution in [3.05, 3.63) is 50.8 Å². The molecular weight excluding hydrogens is 367 g/mol. The van der Waals surface area contributed by atoms with Crippen LogP contribution in [0.4, 0.5) is 0 Å². The largest absolute Gasteiger partial charge is 0.478 e. The van der Waals surface area contributed by atoms with Gasteiger partial charge in [-0.25, -0.2) is 9.48 Å². The van der Waals surface area contributed by atoms with Gasteiger partial charge < -0.3 is 5.11 Å². The monoisotopic (exact) mass is 374 g/mol. The minimum Gasteiger partial charge on any atom is -0.478 e. The van der Waals surface area contributed by atoms with Crippen molar-refractivity contribution in [3.63, 3.8) is 0 Å². The van der Waals surface area contributed by atoms with E-state index in [1.54, 1.807) is 29.1 Å². The molecular formula is C12H8ClIN2O2. The van der Waals surface area contributed by atoms with Crippen LogP contribution in [0.1, 0.15) is 5.56 Å².